The normalized spacial score (nSPS) is 18.4. The molecule has 0 atom stereocenters. The highest BCUT2D eigenvalue weighted by Gasteiger charge is 2.47. The summed E-state index contributed by atoms with van der Waals surface area (Å²) in [5.41, 5.74) is 1.58. The minimum atomic E-state index is -0.773. The number of ether oxygens (including phenoxy) is 2. The van der Waals surface area contributed by atoms with Gasteiger partial charge in [-0.3, -0.25) is 9.69 Å². The molecule has 1 saturated heterocycles. The van der Waals surface area contributed by atoms with Crippen molar-refractivity contribution in [1.29, 1.82) is 0 Å². The Morgan fingerprint density at radius 1 is 1.10 bits per heavy atom. The fourth-order valence-electron chi connectivity index (χ4n) is 4.52. The number of carbonyl (C=O) groups excluding carboxylic acids is 1. The number of hydrogen-bond donors (Lipinski definition) is 0. The maximum Gasteiger partial charge on any atom is 0.167 e. The maximum absolute atomic E-state index is 15.3. The van der Waals surface area contributed by atoms with Crippen LogP contribution in [0.5, 0.6) is 0 Å². The Balaban J connectivity index is 1.38. The summed E-state index contributed by atoms with van der Waals surface area (Å²) in [6.45, 7) is 3.08. The summed E-state index contributed by atoms with van der Waals surface area (Å²) in [6, 6.07) is 12.0. The highest BCUT2D eigenvalue weighted by molar-refractivity contribution is 6.04. The molecule has 2 heterocycles. The summed E-state index contributed by atoms with van der Waals surface area (Å²) >= 11 is 0. The van der Waals surface area contributed by atoms with Crippen LogP contribution in [-0.2, 0) is 22.6 Å². The summed E-state index contributed by atoms with van der Waals surface area (Å²) in [5.74, 6) is -0.277. The first kappa shape index (κ1) is 21.9. The minimum absolute atomic E-state index is 0.00889. The predicted octanol–water partition coefficient (Wildman–Crippen LogP) is 4.30. The molecule has 7 heteroatoms. The Bertz CT molecular complexity index is 929. The van der Waals surface area contributed by atoms with Gasteiger partial charge in [-0.15, -0.1) is 0 Å². The average molecular weight is 430 g/mol. The van der Waals surface area contributed by atoms with Crippen LogP contribution >= 0.6 is 0 Å². The van der Waals surface area contributed by atoms with E-state index >= 15 is 4.48 Å². The average Bonchev–Trinajstić information content (AvgIpc) is 2.79. The minimum Gasteiger partial charge on any atom is -0.382 e. The van der Waals surface area contributed by atoms with Crippen molar-refractivity contribution in [3.8, 4) is 0 Å². The lowest BCUT2D eigenvalue weighted by Gasteiger charge is -2.47. The number of ketones is 1. The number of nitrogens with zero attached hydrogens (tertiary/aromatic N) is 2. The van der Waals surface area contributed by atoms with Crippen molar-refractivity contribution in [3.63, 3.8) is 0 Å². The Labute approximate surface area is 181 Å². The van der Waals surface area contributed by atoms with E-state index in [-0.39, 0.29) is 24.6 Å². The lowest BCUT2D eigenvalue weighted by Crippen LogP contribution is -2.55. The lowest BCUT2D eigenvalue weighted by atomic mass is 9.78. The SMILES string of the molecule is COCCOCc1cc(CN2CCC3(CC2)CC(=O)c2ccccc2N3F)ccc1F. The van der Waals surface area contributed by atoms with Gasteiger partial charge < -0.3 is 9.47 Å². The van der Waals surface area contributed by atoms with Gasteiger partial charge in [0, 0.05) is 44.3 Å². The molecule has 166 valence electrons. The molecule has 0 aliphatic carbocycles. The Morgan fingerprint density at radius 2 is 1.87 bits per heavy atom. The van der Waals surface area contributed by atoms with Crippen LogP contribution in [0.3, 0.4) is 0 Å². The van der Waals surface area contributed by atoms with E-state index in [1.54, 1.807) is 37.4 Å². The molecule has 0 saturated carbocycles. The van der Waals surface area contributed by atoms with Crippen LogP contribution in [0.15, 0.2) is 42.5 Å². The number of carbonyl (C=O) groups is 1. The summed E-state index contributed by atoms with van der Waals surface area (Å²) in [5, 5.41) is 0.828. The Kier molecular flexibility index (Phi) is 6.65. The Hall–Kier alpha value is -2.35. The zero-order valence-corrected chi connectivity index (χ0v) is 17.8. The molecule has 0 aromatic heterocycles. The number of methoxy groups -OCH3 is 1. The summed E-state index contributed by atoms with van der Waals surface area (Å²) in [6.07, 6.45) is 1.34. The number of likely N-dealkylation sites (tertiary alicyclic amines) is 1. The molecule has 0 radical (unpaired) electrons. The van der Waals surface area contributed by atoms with E-state index in [1.807, 2.05) is 6.07 Å². The fourth-order valence-corrected chi connectivity index (χ4v) is 4.52. The van der Waals surface area contributed by atoms with E-state index in [2.05, 4.69) is 4.90 Å². The lowest BCUT2D eigenvalue weighted by molar-refractivity contribution is 0.0603. The standard InChI is InChI=1S/C24H28F2N2O3/c1-30-12-13-31-17-19-14-18(6-7-21(19)25)16-27-10-8-24(9-11-27)15-23(29)20-4-2-3-5-22(20)28(24)26/h2-7,14H,8-13,15-17H2,1H3. The van der Waals surface area contributed by atoms with Crippen LogP contribution in [0.4, 0.5) is 14.6 Å². The highest BCUT2D eigenvalue weighted by Crippen LogP contribution is 2.43. The zero-order chi connectivity index (χ0) is 21.8. The second kappa shape index (κ2) is 9.42. The number of halogens is 2. The number of Topliss-reactive ketones (excluding diaryl/α,β-unsaturated/α-hetero) is 1. The van der Waals surface area contributed by atoms with Crippen LogP contribution in [-0.4, -0.2) is 49.6 Å². The van der Waals surface area contributed by atoms with Gasteiger partial charge in [0.1, 0.15) is 5.82 Å². The second-order valence-electron chi connectivity index (χ2n) is 8.37. The van der Waals surface area contributed by atoms with Crippen LogP contribution in [0.1, 0.15) is 40.7 Å². The highest BCUT2D eigenvalue weighted by atomic mass is 19.2. The number of hydrogen-bond acceptors (Lipinski definition) is 5. The molecule has 0 unspecified atom stereocenters. The predicted molar refractivity (Wildman–Crippen MR) is 114 cm³/mol. The molecule has 31 heavy (non-hydrogen) atoms. The summed E-state index contributed by atoms with van der Waals surface area (Å²) in [7, 11) is 1.59. The second-order valence-corrected chi connectivity index (χ2v) is 8.37. The smallest absolute Gasteiger partial charge is 0.167 e. The van der Waals surface area contributed by atoms with Crippen molar-refractivity contribution < 1.29 is 23.1 Å². The first-order chi connectivity index (χ1) is 15.0. The third kappa shape index (κ3) is 4.63. The van der Waals surface area contributed by atoms with Crippen molar-refractivity contribution in [1.82, 2.24) is 4.90 Å². The summed E-state index contributed by atoms with van der Waals surface area (Å²) in [4.78, 5) is 14.8. The quantitative estimate of drug-likeness (QED) is 0.484. The molecule has 2 aliphatic heterocycles. The van der Waals surface area contributed by atoms with Gasteiger partial charge in [-0.25, -0.2) is 9.51 Å². The molecule has 0 amide bonds. The fraction of sp³-hybridized carbons (Fsp3) is 0.458. The van der Waals surface area contributed by atoms with Gasteiger partial charge in [-0.1, -0.05) is 22.7 Å². The number of para-hydroxylation sites is 1. The molecule has 5 nitrogen and oxygen atoms in total. The van der Waals surface area contributed by atoms with Crippen molar-refractivity contribution >= 4 is 11.5 Å². The van der Waals surface area contributed by atoms with Gasteiger partial charge in [0.15, 0.2) is 5.78 Å². The van der Waals surface area contributed by atoms with Crippen molar-refractivity contribution in [2.75, 3.05) is 38.5 Å². The maximum atomic E-state index is 15.3. The van der Waals surface area contributed by atoms with Crippen molar-refractivity contribution in [2.24, 2.45) is 0 Å². The topological polar surface area (TPSA) is 42.0 Å². The van der Waals surface area contributed by atoms with E-state index in [0.29, 0.717) is 62.5 Å². The van der Waals surface area contributed by atoms with Gasteiger partial charge in [-0.05, 0) is 42.7 Å². The van der Waals surface area contributed by atoms with Gasteiger partial charge in [0.05, 0.1) is 31.0 Å². The molecule has 0 bridgehead atoms. The first-order valence-corrected chi connectivity index (χ1v) is 10.7. The molecule has 2 aliphatic rings. The van der Waals surface area contributed by atoms with Crippen LogP contribution in [0, 0.1) is 5.82 Å². The van der Waals surface area contributed by atoms with Crippen LogP contribution in [0.25, 0.3) is 0 Å². The number of piperidine rings is 1. The number of anilines is 1. The third-order valence-electron chi connectivity index (χ3n) is 6.31. The number of benzene rings is 2. The molecular formula is C24H28F2N2O3. The Morgan fingerprint density at radius 3 is 2.65 bits per heavy atom. The number of rotatable bonds is 7. The molecule has 0 N–H and O–H groups in total. The van der Waals surface area contributed by atoms with Gasteiger partial charge >= 0.3 is 0 Å². The van der Waals surface area contributed by atoms with Crippen LogP contribution in [0.2, 0.25) is 0 Å². The van der Waals surface area contributed by atoms with Gasteiger partial charge in [0.25, 0.3) is 0 Å². The van der Waals surface area contributed by atoms with Crippen molar-refractivity contribution in [3.05, 3.63) is 65.0 Å². The molecular weight excluding hydrogens is 402 g/mol. The molecule has 1 fully saturated rings. The van der Waals surface area contributed by atoms with Crippen molar-refractivity contribution in [2.45, 2.75) is 38.0 Å². The monoisotopic (exact) mass is 430 g/mol. The van der Waals surface area contributed by atoms with E-state index in [0.717, 1.165) is 10.7 Å². The number of fused-ring (bicyclic) bond motifs is 1. The van der Waals surface area contributed by atoms with Gasteiger partial charge in [0.2, 0.25) is 0 Å². The van der Waals surface area contributed by atoms with Gasteiger partial charge in [-0.2, -0.15) is 0 Å². The van der Waals surface area contributed by atoms with Crippen LogP contribution < -0.4 is 5.12 Å². The van der Waals surface area contributed by atoms with E-state index < -0.39 is 5.54 Å². The third-order valence-corrected chi connectivity index (χ3v) is 6.31. The summed E-state index contributed by atoms with van der Waals surface area (Å²) < 4.78 is 39.8. The van der Waals surface area contributed by atoms with E-state index in [4.69, 9.17) is 9.47 Å². The molecule has 2 aromatic rings. The molecule has 1 spiro atoms. The molecule has 2 aromatic carbocycles. The first-order valence-electron chi connectivity index (χ1n) is 10.7. The molecule has 4 rings (SSSR count). The van der Waals surface area contributed by atoms with E-state index in [1.165, 1.54) is 6.07 Å². The zero-order valence-electron chi connectivity index (χ0n) is 17.8. The van der Waals surface area contributed by atoms with E-state index in [9.17, 15) is 9.18 Å². The largest absolute Gasteiger partial charge is 0.382 e.